The summed E-state index contributed by atoms with van der Waals surface area (Å²) in [5.41, 5.74) is 5.05. The summed E-state index contributed by atoms with van der Waals surface area (Å²) < 4.78 is 29.5. The Kier molecular flexibility index (Phi) is 8.31. The maximum absolute atomic E-state index is 10.5. The summed E-state index contributed by atoms with van der Waals surface area (Å²) in [6.07, 6.45) is 0. The molecule has 12 heavy (non-hydrogen) atoms. The molecule has 0 bridgehead atoms. The minimum atomic E-state index is -4.17. The molecule has 7 heteroatoms. The van der Waals surface area contributed by atoms with Crippen LogP contribution < -0.4 is 5.73 Å². The topological polar surface area (TPSA) is 104 Å². The Hall–Kier alpha value is 0.996. The van der Waals surface area contributed by atoms with Crippen molar-refractivity contribution in [1.82, 2.24) is 0 Å². The summed E-state index contributed by atoms with van der Waals surface area (Å²) in [7, 11) is -4.17. The van der Waals surface area contributed by atoms with Crippen LogP contribution in [0.15, 0.2) is 0 Å². The van der Waals surface area contributed by atoms with Crippen LogP contribution in [0.4, 0.5) is 0 Å². The number of nitriles is 1. The van der Waals surface area contributed by atoms with Gasteiger partial charge in [-0.05, 0) is 6.92 Å². The van der Waals surface area contributed by atoms with Crippen molar-refractivity contribution < 1.29 is 13.0 Å². The third kappa shape index (κ3) is 4.89. The van der Waals surface area contributed by atoms with Crippen LogP contribution in [-0.4, -0.2) is 76.1 Å². The first-order valence-electron chi connectivity index (χ1n) is 2.99. The second-order valence-electron chi connectivity index (χ2n) is 2.21. The molecule has 0 fully saturated rings. The van der Waals surface area contributed by atoms with Gasteiger partial charge in [-0.2, -0.15) is 13.7 Å². The van der Waals surface area contributed by atoms with E-state index in [2.05, 4.69) is 0 Å². The Bertz CT molecular complexity index is 258. The van der Waals surface area contributed by atoms with E-state index in [1.807, 2.05) is 0 Å². The van der Waals surface area contributed by atoms with Crippen LogP contribution in [0.1, 0.15) is 6.92 Å². The fourth-order valence-corrected chi connectivity index (χ4v) is 1.49. The Labute approximate surface area is 114 Å². The van der Waals surface area contributed by atoms with Crippen LogP contribution in [-0.2, 0) is 10.1 Å². The van der Waals surface area contributed by atoms with Crippen molar-refractivity contribution >= 4 is 61.5 Å². The van der Waals surface area contributed by atoms with Gasteiger partial charge in [0.05, 0.1) is 12.0 Å². The predicted molar refractivity (Wildman–Crippen MR) is 46.3 cm³/mol. The normalized spacial score (nSPS) is 15.5. The van der Waals surface area contributed by atoms with E-state index in [1.54, 1.807) is 6.07 Å². The van der Waals surface area contributed by atoms with Crippen molar-refractivity contribution in [3.8, 4) is 6.07 Å². The third-order valence-electron chi connectivity index (χ3n) is 1.38. The summed E-state index contributed by atoms with van der Waals surface area (Å²) in [5.74, 6) is -0.782. The van der Waals surface area contributed by atoms with Gasteiger partial charge in [-0.15, -0.1) is 0 Å². The van der Waals surface area contributed by atoms with Gasteiger partial charge in [-0.3, -0.25) is 4.55 Å². The van der Waals surface area contributed by atoms with E-state index in [9.17, 15) is 8.42 Å². The fourth-order valence-electron chi connectivity index (χ4n) is 0.667. The molecule has 0 aromatic heterocycles. The average molecular weight is 218 g/mol. The van der Waals surface area contributed by atoms with E-state index in [0.29, 0.717) is 0 Å². The first-order chi connectivity index (χ1) is 4.93. The summed E-state index contributed by atoms with van der Waals surface area (Å²) in [6, 6.07) is 1.70. The number of nitrogens with two attached hydrogens (primary N) is 1. The van der Waals surface area contributed by atoms with Gasteiger partial charge in [0, 0.05) is 6.54 Å². The van der Waals surface area contributed by atoms with Gasteiger partial charge in [0.1, 0.15) is 5.25 Å². The summed E-state index contributed by atoms with van der Waals surface area (Å²) in [6.45, 7) is 1.15. The van der Waals surface area contributed by atoms with Crippen LogP contribution in [0.2, 0.25) is 0 Å². The fraction of sp³-hybridized carbons (Fsp3) is 0.800. The Morgan fingerprint density at radius 1 is 1.67 bits per heavy atom. The maximum atomic E-state index is 10.5. The molecule has 0 aliphatic carbocycles. The first-order valence-corrected chi connectivity index (χ1v) is 4.49. The van der Waals surface area contributed by atoms with Crippen molar-refractivity contribution in [1.29, 1.82) is 5.26 Å². The minimum absolute atomic E-state index is 0. The first kappa shape index (κ1) is 15.5. The second kappa shape index (κ2) is 6.45. The SMILES string of the molecule is CC(C#N)C(CN)S(=O)(=O)O.[KH]. The van der Waals surface area contributed by atoms with Crippen LogP contribution in [0, 0.1) is 17.2 Å². The van der Waals surface area contributed by atoms with Crippen LogP contribution in [0.25, 0.3) is 0 Å². The molecule has 0 amide bonds. The van der Waals surface area contributed by atoms with Crippen LogP contribution in [0.3, 0.4) is 0 Å². The molecule has 3 N–H and O–H groups in total. The molecule has 66 valence electrons. The van der Waals surface area contributed by atoms with Crippen LogP contribution >= 0.6 is 0 Å². The van der Waals surface area contributed by atoms with Crippen molar-refractivity contribution in [3.05, 3.63) is 0 Å². The van der Waals surface area contributed by atoms with Gasteiger partial charge < -0.3 is 5.73 Å². The molecule has 2 atom stereocenters. The molecule has 2 unspecified atom stereocenters. The third-order valence-corrected chi connectivity index (χ3v) is 2.74. The number of hydrogen-bond acceptors (Lipinski definition) is 4. The molecule has 5 nitrogen and oxygen atoms in total. The van der Waals surface area contributed by atoms with Crippen molar-refractivity contribution in [2.75, 3.05) is 6.54 Å². The monoisotopic (exact) mass is 218 g/mol. The van der Waals surface area contributed by atoms with E-state index in [1.165, 1.54) is 6.92 Å². The van der Waals surface area contributed by atoms with Crippen molar-refractivity contribution in [3.63, 3.8) is 0 Å². The molecular weight excluding hydrogens is 207 g/mol. The zero-order valence-electron chi connectivity index (χ0n) is 6.06. The summed E-state index contributed by atoms with van der Waals surface area (Å²) >= 11 is 0. The van der Waals surface area contributed by atoms with Gasteiger partial charge in [0.25, 0.3) is 10.1 Å². The van der Waals surface area contributed by atoms with Gasteiger partial charge in [-0.1, -0.05) is 0 Å². The molecule has 0 saturated carbocycles. The molecule has 0 aliphatic heterocycles. The number of hydrogen-bond donors (Lipinski definition) is 2. The number of rotatable bonds is 3. The van der Waals surface area contributed by atoms with Crippen LogP contribution in [0.5, 0.6) is 0 Å². The summed E-state index contributed by atoms with van der Waals surface area (Å²) in [4.78, 5) is 0. The van der Waals surface area contributed by atoms with Crippen molar-refractivity contribution in [2.45, 2.75) is 12.2 Å². The quantitative estimate of drug-likeness (QED) is 0.453. The molecule has 0 spiro atoms. The van der Waals surface area contributed by atoms with E-state index in [-0.39, 0.29) is 57.9 Å². The van der Waals surface area contributed by atoms with E-state index < -0.39 is 21.3 Å². The molecule has 0 heterocycles. The van der Waals surface area contributed by atoms with Crippen molar-refractivity contribution in [2.24, 2.45) is 11.7 Å². The number of nitrogens with zero attached hydrogens (tertiary/aromatic N) is 1. The zero-order valence-corrected chi connectivity index (χ0v) is 6.87. The van der Waals surface area contributed by atoms with E-state index in [4.69, 9.17) is 15.5 Å². The Morgan fingerprint density at radius 3 is 2.17 bits per heavy atom. The van der Waals surface area contributed by atoms with E-state index >= 15 is 0 Å². The predicted octanol–water partition coefficient (Wildman–Crippen LogP) is -1.29. The molecule has 0 aromatic rings. The summed E-state index contributed by atoms with van der Waals surface area (Å²) in [5, 5.41) is 7.14. The zero-order chi connectivity index (χ0) is 9.07. The molecule has 0 aliphatic rings. The van der Waals surface area contributed by atoms with Gasteiger partial charge in [0.2, 0.25) is 0 Å². The van der Waals surface area contributed by atoms with Gasteiger partial charge in [0.15, 0.2) is 0 Å². The molecule has 0 aromatic carbocycles. The molecular formula is C5H11KN2O3S. The Morgan fingerprint density at radius 2 is 2.08 bits per heavy atom. The molecule has 0 saturated heterocycles. The van der Waals surface area contributed by atoms with Gasteiger partial charge in [-0.25, -0.2) is 0 Å². The standard InChI is InChI=1S/C5H10N2O3S.K.H/c1-4(2-6)5(3-7)11(8,9)10;;/h4-5H,3,7H2,1H3,(H,8,9,10);;. The van der Waals surface area contributed by atoms with Gasteiger partial charge >= 0.3 is 51.4 Å². The molecule has 0 radical (unpaired) electrons. The average Bonchev–Trinajstić information content (AvgIpc) is 1.86. The second-order valence-corrected chi connectivity index (χ2v) is 3.84. The van der Waals surface area contributed by atoms with E-state index in [0.717, 1.165) is 0 Å². The Balaban J connectivity index is 0. The molecule has 0 rings (SSSR count).